The van der Waals surface area contributed by atoms with Crippen LogP contribution in [0, 0.1) is 0 Å². The molecular weight excluding hydrogens is 409 g/mol. The molecule has 2 saturated heterocycles. The van der Waals surface area contributed by atoms with E-state index in [2.05, 4.69) is 4.90 Å². The minimum atomic E-state index is -4.44. The van der Waals surface area contributed by atoms with Crippen LogP contribution in [0.25, 0.3) is 0 Å². The zero-order chi connectivity index (χ0) is 22.1. The summed E-state index contributed by atoms with van der Waals surface area (Å²) in [4.78, 5) is 17.1. The second-order valence-corrected chi connectivity index (χ2v) is 9.07. The third-order valence-corrected chi connectivity index (χ3v) is 7.13. The molecule has 4 rings (SSSR count). The highest BCUT2D eigenvalue weighted by Crippen LogP contribution is 2.43. The standard InChI is InChI=1S/C23H31F3N2O3/c1-27(21(29)16-30-18-7-4-6-17(14-18)23(24,25)26)19-8-10-22(9-5-13-31-22)15-20(19)28-11-2-3-12-28/h4,6-7,14,19-20H,2-3,5,8-13,15-16H2,1H3/t19-,20-,22-/m1/s1. The molecule has 5 nitrogen and oxygen atoms in total. The van der Waals surface area contributed by atoms with Crippen molar-refractivity contribution in [2.45, 2.75) is 68.8 Å². The van der Waals surface area contributed by atoms with Gasteiger partial charge in [0.05, 0.1) is 11.2 Å². The molecule has 31 heavy (non-hydrogen) atoms. The third-order valence-electron chi connectivity index (χ3n) is 7.13. The van der Waals surface area contributed by atoms with E-state index >= 15 is 0 Å². The number of carbonyl (C=O) groups is 1. The van der Waals surface area contributed by atoms with Crippen LogP contribution in [0.1, 0.15) is 50.5 Å². The summed E-state index contributed by atoms with van der Waals surface area (Å²) < 4.78 is 50.3. The summed E-state index contributed by atoms with van der Waals surface area (Å²) in [7, 11) is 1.79. The van der Waals surface area contributed by atoms with E-state index in [0.29, 0.717) is 0 Å². The summed E-state index contributed by atoms with van der Waals surface area (Å²) in [6.07, 6.45) is 2.83. The summed E-state index contributed by atoms with van der Waals surface area (Å²) in [5.74, 6) is -0.162. The highest BCUT2D eigenvalue weighted by atomic mass is 19.4. The Morgan fingerprint density at radius 2 is 2.03 bits per heavy atom. The van der Waals surface area contributed by atoms with E-state index in [-0.39, 0.29) is 35.9 Å². The first-order valence-corrected chi connectivity index (χ1v) is 11.2. The molecule has 8 heteroatoms. The van der Waals surface area contributed by atoms with E-state index in [1.54, 1.807) is 11.9 Å². The molecule has 172 valence electrons. The zero-order valence-corrected chi connectivity index (χ0v) is 18.0. The van der Waals surface area contributed by atoms with Crippen molar-refractivity contribution in [3.63, 3.8) is 0 Å². The molecule has 0 unspecified atom stereocenters. The van der Waals surface area contributed by atoms with Gasteiger partial charge in [-0.05, 0) is 76.2 Å². The van der Waals surface area contributed by atoms with Gasteiger partial charge in [-0.1, -0.05) is 6.07 Å². The number of ether oxygens (including phenoxy) is 2. The molecule has 3 aliphatic rings. The molecule has 1 spiro atoms. The van der Waals surface area contributed by atoms with Crippen LogP contribution >= 0.6 is 0 Å². The van der Waals surface area contributed by atoms with Gasteiger partial charge in [0, 0.05) is 25.7 Å². The molecule has 3 fully saturated rings. The highest BCUT2D eigenvalue weighted by Gasteiger charge is 2.47. The Hall–Kier alpha value is -1.80. The number of hydrogen-bond donors (Lipinski definition) is 0. The normalized spacial score (nSPS) is 29.4. The van der Waals surface area contributed by atoms with Gasteiger partial charge in [0.2, 0.25) is 0 Å². The molecule has 2 heterocycles. The van der Waals surface area contributed by atoms with Crippen LogP contribution in [-0.2, 0) is 15.7 Å². The minimum absolute atomic E-state index is 0.0506. The number of carbonyl (C=O) groups excluding carboxylic acids is 1. The van der Waals surface area contributed by atoms with Gasteiger partial charge >= 0.3 is 6.18 Å². The molecule has 0 bridgehead atoms. The number of nitrogens with zero attached hydrogens (tertiary/aromatic N) is 2. The largest absolute Gasteiger partial charge is 0.484 e. The van der Waals surface area contributed by atoms with Crippen molar-refractivity contribution in [3.8, 4) is 5.75 Å². The van der Waals surface area contributed by atoms with Crippen LogP contribution < -0.4 is 4.74 Å². The first-order valence-electron chi connectivity index (χ1n) is 11.2. The molecule has 1 aliphatic carbocycles. The molecular formula is C23H31F3N2O3. The van der Waals surface area contributed by atoms with Gasteiger partial charge in [0.15, 0.2) is 6.61 Å². The summed E-state index contributed by atoms with van der Waals surface area (Å²) >= 11 is 0. The molecule has 0 radical (unpaired) electrons. The van der Waals surface area contributed by atoms with Crippen molar-refractivity contribution >= 4 is 5.91 Å². The molecule has 1 saturated carbocycles. The van der Waals surface area contributed by atoms with Gasteiger partial charge in [-0.3, -0.25) is 9.69 Å². The van der Waals surface area contributed by atoms with Crippen molar-refractivity contribution in [1.29, 1.82) is 0 Å². The lowest BCUT2D eigenvalue weighted by atomic mass is 9.76. The molecule has 1 aromatic rings. The maximum absolute atomic E-state index is 12.9. The smallest absolute Gasteiger partial charge is 0.416 e. The number of amides is 1. The number of hydrogen-bond acceptors (Lipinski definition) is 4. The Morgan fingerprint density at radius 3 is 2.71 bits per heavy atom. The number of benzene rings is 1. The Labute approximate surface area is 181 Å². The maximum Gasteiger partial charge on any atom is 0.416 e. The lowest BCUT2D eigenvalue weighted by Crippen LogP contribution is -2.58. The molecule has 2 aliphatic heterocycles. The van der Waals surface area contributed by atoms with Gasteiger partial charge in [-0.15, -0.1) is 0 Å². The summed E-state index contributed by atoms with van der Waals surface area (Å²) in [5.41, 5.74) is -0.837. The van der Waals surface area contributed by atoms with Crippen LogP contribution in [0.2, 0.25) is 0 Å². The molecule has 0 aromatic heterocycles. The van der Waals surface area contributed by atoms with Crippen LogP contribution in [0.5, 0.6) is 5.75 Å². The van der Waals surface area contributed by atoms with Crippen molar-refractivity contribution in [1.82, 2.24) is 9.80 Å². The monoisotopic (exact) mass is 440 g/mol. The van der Waals surface area contributed by atoms with Gasteiger partial charge in [0.25, 0.3) is 5.91 Å². The molecule has 1 amide bonds. The third kappa shape index (κ3) is 5.00. The van der Waals surface area contributed by atoms with E-state index in [1.165, 1.54) is 25.0 Å². The predicted octanol–water partition coefficient (Wildman–Crippen LogP) is 4.11. The van der Waals surface area contributed by atoms with Crippen LogP contribution in [-0.4, -0.2) is 66.7 Å². The Morgan fingerprint density at radius 1 is 1.26 bits per heavy atom. The summed E-state index contributed by atoms with van der Waals surface area (Å²) in [6.45, 7) is 2.62. The molecule has 3 atom stereocenters. The Kier molecular flexibility index (Phi) is 6.49. The first kappa shape index (κ1) is 22.4. The topological polar surface area (TPSA) is 42.0 Å². The van der Waals surface area contributed by atoms with E-state index in [9.17, 15) is 18.0 Å². The van der Waals surface area contributed by atoms with E-state index in [1.807, 2.05) is 0 Å². The highest BCUT2D eigenvalue weighted by molar-refractivity contribution is 5.78. The number of likely N-dealkylation sites (N-methyl/N-ethyl adjacent to an activating group) is 1. The van der Waals surface area contributed by atoms with Gasteiger partial charge in [-0.2, -0.15) is 13.2 Å². The van der Waals surface area contributed by atoms with Gasteiger partial charge < -0.3 is 14.4 Å². The SMILES string of the molecule is CN(C(=O)COc1cccc(C(F)(F)F)c1)[C@@H]1CC[C@]2(CCCO2)C[C@H]1N1CCCC1. The van der Waals surface area contributed by atoms with Crippen LogP contribution in [0.4, 0.5) is 13.2 Å². The number of rotatable bonds is 5. The zero-order valence-electron chi connectivity index (χ0n) is 18.0. The second kappa shape index (κ2) is 8.98. The Balaban J connectivity index is 1.41. The van der Waals surface area contributed by atoms with Crippen molar-refractivity contribution < 1.29 is 27.4 Å². The van der Waals surface area contributed by atoms with Crippen molar-refractivity contribution in [3.05, 3.63) is 29.8 Å². The van der Waals surface area contributed by atoms with Crippen LogP contribution in [0.15, 0.2) is 24.3 Å². The van der Waals surface area contributed by atoms with E-state index in [4.69, 9.17) is 9.47 Å². The first-order chi connectivity index (χ1) is 14.8. The van der Waals surface area contributed by atoms with E-state index < -0.39 is 11.7 Å². The summed E-state index contributed by atoms with van der Waals surface area (Å²) in [5, 5.41) is 0. The fraction of sp³-hybridized carbons (Fsp3) is 0.696. The number of alkyl halides is 3. The van der Waals surface area contributed by atoms with Crippen molar-refractivity contribution in [2.75, 3.05) is 33.4 Å². The summed E-state index contributed by atoms with van der Waals surface area (Å²) in [6, 6.07) is 4.96. The molecule has 1 aromatic carbocycles. The second-order valence-electron chi connectivity index (χ2n) is 9.07. The fourth-order valence-corrected chi connectivity index (χ4v) is 5.43. The predicted molar refractivity (Wildman–Crippen MR) is 110 cm³/mol. The van der Waals surface area contributed by atoms with Gasteiger partial charge in [0.1, 0.15) is 5.75 Å². The maximum atomic E-state index is 12.9. The minimum Gasteiger partial charge on any atom is -0.484 e. The van der Waals surface area contributed by atoms with Crippen molar-refractivity contribution in [2.24, 2.45) is 0 Å². The fourth-order valence-electron chi connectivity index (χ4n) is 5.43. The number of likely N-dealkylation sites (tertiary alicyclic amines) is 1. The Bertz CT molecular complexity index is 774. The number of halogens is 3. The average molecular weight is 441 g/mol. The molecule has 0 N–H and O–H groups in total. The average Bonchev–Trinajstić information content (AvgIpc) is 3.44. The van der Waals surface area contributed by atoms with Crippen LogP contribution in [0.3, 0.4) is 0 Å². The lowest BCUT2D eigenvalue weighted by Gasteiger charge is -2.48. The van der Waals surface area contributed by atoms with Gasteiger partial charge in [-0.25, -0.2) is 0 Å². The van der Waals surface area contributed by atoms with E-state index in [0.717, 1.165) is 63.9 Å². The quantitative estimate of drug-likeness (QED) is 0.691. The lowest BCUT2D eigenvalue weighted by molar-refractivity contribution is -0.139.